The van der Waals surface area contributed by atoms with E-state index in [2.05, 4.69) is 13.5 Å². The topological polar surface area (TPSA) is 152 Å². The minimum atomic E-state index is -4.92. The molecule has 2 aromatic rings. The number of hydrogen-bond acceptors (Lipinski definition) is 6. The van der Waals surface area contributed by atoms with Gasteiger partial charge < -0.3 is 29.0 Å². The molecule has 0 amide bonds. The van der Waals surface area contributed by atoms with Crippen LogP contribution in [0.5, 0.6) is 11.5 Å². The van der Waals surface area contributed by atoms with Gasteiger partial charge in [0.05, 0.1) is 5.56 Å². The van der Waals surface area contributed by atoms with Gasteiger partial charge in [0.15, 0.2) is 0 Å². The third-order valence-corrected chi connectivity index (χ3v) is 6.84. The summed E-state index contributed by atoms with van der Waals surface area (Å²) in [7, 11) is -9.85. The highest BCUT2D eigenvalue weighted by Crippen LogP contribution is 2.49. The van der Waals surface area contributed by atoms with E-state index in [1.807, 2.05) is 32.0 Å². The number of rotatable bonds is 14. The maximum absolute atomic E-state index is 11.7. The minimum absolute atomic E-state index is 0.192. The van der Waals surface area contributed by atoms with Crippen LogP contribution in [0.4, 0.5) is 0 Å². The summed E-state index contributed by atoms with van der Waals surface area (Å²) in [6.07, 6.45) is 3.43. The van der Waals surface area contributed by atoms with E-state index in [0.717, 1.165) is 41.5 Å². The van der Waals surface area contributed by atoms with Gasteiger partial charge in [-0.3, -0.25) is 0 Å². The second kappa shape index (κ2) is 12.7. The van der Waals surface area contributed by atoms with Crippen LogP contribution in [0.25, 0.3) is 16.7 Å². The van der Waals surface area contributed by atoms with Crippen molar-refractivity contribution in [1.82, 2.24) is 0 Å². The number of phosphoric acid groups is 2. The van der Waals surface area contributed by atoms with Crippen molar-refractivity contribution in [3.05, 3.63) is 53.6 Å². The van der Waals surface area contributed by atoms with Gasteiger partial charge in [-0.15, -0.1) is 0 Å². The van der Waals surface area contributed by atoms with Crippen LogP contribution in [0, 0.1) is 6.92 Å². The Morgan fingerprint density at radius 2 is 1.36 bits per heavy atom. The standard InChI is InChI=1S/C27H40O10P2/c1-9-10-11-12-20-16-23(34-26(5,6)36-38(28,29)30)25(22-15-19(4)13-14-21(22)18(2)3)24(17-20)35-27(7,8)37-39(31,32)33/h13-17H,2,9-12H2,1,3-8H3,(H2,28,29,30)(H2,31,32,33). The van der Waals surface area contributed by atoms with Crippen LogP contribution < -0.4 is 9.47 Å². The molecule has 12 heteroatoms. The lowest BCUT2D eigenvalue weighted by Crippen LogP contribution is -2.32. The van der Waals surface area contributed by atoms with E-state index >= 15 is 0 Å². The predicted molar refractivity (Wildman–Crippen MR) is 150 cm³/mol. The molecule has 2 rings (SSSR count). The Morgan fingerprint density at radius 1 is 0.872 bits per heavy atom. The van der Waals surface area contributed by atoms with Crippen LogP contribution in [-0.2, 0) is 24.6 Å². The summed E-state index contributed by atoms with van der Waals surface area (Å²) in [5.41, 5.74) is 4.16. The third-order valence-electron chi connectivity index (χ3n) is 5.49. The van der Waals surface area contributed by atoms with Crippen molar-refractivity contribution in [2.24, 2.45) is 0 Å². The van der Waals surface area contributed by atoms with Gasteiger partial charge in [-0.2, -0.15) is 0 Å². The van der Waals surface area contributed by atoms with Gasteiger partial charge in [-0.1, -0.05) is 55.7 Å². The molecule has 0 saturated heterocycles. The predicted octanol–water partition coefficient (Wildman–Crippen LogP) is 6.88. The smallest absolute Gasteiger partial charge is 0.462 e. The molecule has 0 aromatic heterocycles. The molecule has 0 heterocycles. The van der Waals surface area contributed by atoms with Crippen LogP contribution in [-0.4, -0.2) is 31.1 Å². The van der Waals surface area contributed by atoms with E-state index in [9.17, 15) is 28.7 Å². The average molecular weight is 587 g/mol. The zero-order valence-electron chi connectivity index (χ0n) is 23.6. The van der Waals surface area contributed by atoms with Crippen LogP contribution in [0.3, 0.4) is 0 Å². The Labute approximate surface area is 230 Å². The van der Waals surface area contributed by atoms with E-state index in [1.165, 1.54) is 27.7 Å². The number of allylic oxidation sites excluding steroid dienone is 1. The molecule has 0 spiro atoms. The number of unbranched alkanes of at least 4 members (excludes halogenated alkanes) is 2. The molecule has 2 aromatic carbocycles. The van der Waals surface area contributed by atoms with Crippen molar-refractivity contribution in [3.63, 3.8) is 0 Å². The number of phosphoric ester groups is 2. The van der Waals surface area contributed by atoms with Gasteiger partial charge in [0.1, 0.15) is 11.5 Å². The van der Waals surface area contributed by atoms with Crippen LogP contribution in [0.15, 0.2) is 36.9 Å². The molecule has 0 bridgehead atoms. The van der Waals surface area contributed by atoms with Crippen molar-refractivity contribution < 1.29 is 47.2 Å². The Bertz CT molecular complexity index is 1210. The minimum Gasteiger partial charge on any atom is -0.462 e. The Hall–Kier alpha value is -2.00. The van der Waals surface area contributed by atoms with E-state index < -0.39 is 27.2 Å². The normalized spacial score (nSPS) is 12.9. The molecule has 39 heavy (non-hydrogen) atoms. The van der Waals surface area contributed by atoms with Crippen molar-refractivity contribution >= 4 is 21.2 Å². The SMILES string of the molecule is C=C(C)c1ccc(C)cc1-c1c(OC(C)(C)OP(=O)(O)O)cc(CCCCC)cc1OC(C)(C)OP(=O)(O)O. The quantitative estimate of drug-likeness (QED) is 0.105. The molecule has 218 valence electrons. The Morgan fingerprint density at radius 3 is 1.77 bits per heavy atom. The molecule has 0 aliphatic carbocycles. The molecule has 0 fully saturated rings. The summed E-state index contributed by atoms with van der Waals surface area (Å²) in [5, 5.41) is 0. The summed E-state index contributed by atoms with van der Waals surface area (Å²) in [6.45, 7) is 15.4. The molecule has 0 atom stereocenters. The van der Waals surface area contributed by atoms with Crippen molar-refractivity contribution in [1.29, 1.82) is 0 Å². The van der Waals surface area contributed by atoms with Gasteiger partial charge in [0.25, 0.3) is 0 Å². The molecule has 0 aliphatic rings. The molecular weight excluding hydrogens is 546 g/mol. The Balaban J connectivity index is 2.90. The number of benzene rings is 2. The second-order valence-electron chi connectivity index (χ2n) is 10.4. The van der Waals surface area contributed by atoms with Crippen molar-refractivity contribution in [3.8, 4) is 22.6 Å². The molecule has 10 nitrogen and oxygen atoms in total. The first kappa shape index (κ1) is 33.2. The summed E-state index contributed by atoms with van der Waals surface area (Å²) >= 11 is 0. The fraction of sp³-hybridized carbons (Fsp3) is 0.481. The zero-order chi connectivity index (χ0) is 29.8. The third kappa shape index (κ3) is 10.8. The van der Waals surface area contributed by atoms with Gasteiger partial charge >= 0.3 is 15.6 Å². The van der Waals surface area contributed by atoms with Gasteiger partial charge in [-0.05, 0) is 55.5 Å². The summed E-state index contributed by atoms with van der Waals surface area (Å²) in [5.74, 6) is -3.15. The maximum Gasteiger partial charge on any atom is 0.472 e. The molecule has 0 saturated carbocycles. The highest BCUT2D eigenvalue weighted by atomic mass is 31.2. The average Bonchev–Trinajstić information content (AvgIpc) is 2.69. The van der Waals surface area contributed by atoms with E-state index in [-0.39, 0.29) is 11.5 Å². The monoisotopic (exact) mass is 586 g/mol. The zero-order valence-corrected chi connectivity index (χ0v) is 25.3. The first-order chi connectivity index (χ1) is 17.7. The molecule has 0 unspecified atom stereocenters. The lowest BCUT2D eigenvalue weighted by atomic mass is 9.91. The fourth-order valence-electron chi connectivity index (χ4n) is 4.17. The first-order valence-corrected chi connectivity index (χ1v) is 15.6. The Kier molecular flexibility index (Phi) is 10.8. The van der Waals surface area contributed by atoms with Crippen LogP contribution in [0.2, 0.25) is 0 Å². The number of aryl methyl sites for hydroxylation is 2. The number of hydrogen-bond donors (Lipinski definition) is 4. The first-order valence-electron chi connectivity index (χ1n) is 12.6. The highest BCUT2D eigenvalue weighted by molar-refractivity contribution is 7.46. The van der Waals surface area contributed by atoms with Crippen molar-refractivity contribution in [2.45, 2.75) is 85.7 Å². The summed E-state index contributed by atoms with van der Waals surface area (Å²) in [4.78, 5) is 37.9. The summed E-state index contributed by atoms with van der Waals surface area (Å²) in [6, 6.07) is 9.18. The fourth-order valence-corrected chi connectivity index (χ4v) is 5.39. The molecule has 0 aliphatic heterocycles. The van der Waals surface area contributed by atoms with Crippen LogP contribution in [0.1, 0.15) is 77.5 Å². The van der Waals surface area contributed by atoms with Gasteiger partial charge in [-0.25, -0.2) is 18.2 Å². The van der Waals surface area contributed by atoms with Gasteiger partial charge in [0.2, 0.25) is 11.6 Å². The number of ether oxygens (including phenoxy) is 2. The molecule has 0 radical (unpaired) electrons. The van der Waals surface area contributed by atoms with Crippen molar-refractivity contribution in [2.75, 3.05) is 0 Å². The second-order valence-corrected chi connectivity index (χ2v) is 12.7. The van der Waals surface area contributed by atoms with E-state index in [4.69, 9.17) is 18.5 Å². The van der Waals surface area contributed by atoms with Gasteiger partial charge in [0, 0.05) is 27.7 Å². The largest absolute Gasteiger partial charge is 0.472 e. The summed E-state index contributed by atoms with van der Waals surface area (Å²) < 4.78 is 45.4. The highest BCUT2D eigenvalue weighted by Gasteiger charge is 2.35. The van der Waals surface area contributed by atoms with E-state index in [1.54, 1.807) is 12.1 Å². The maximum atomic E-state index is 11.7. The molecule has 4 N–H and O–H groups in total. The lowest BCUT2D eigenvalue weighted by Gasteiger charge is -2.31. The lowest BCUT2D eigenvalue weighted by molar-refractivity contribution is -0.0984. The molecular formula is C27H40O10P2. The van der Waals surface area contributed by atoms with E-state index in [0.29, 0.717) is 17.5 Å². The van der Waals surface area contributed by atoms with Crippen LogP contribution >= 0.6 is 15.6 Å².